The number of hydrogen-bond donors (Lipinski definition) is 2. The van der Waals surface area contributed by atoms with Crippen LogP contribution in [0.15, 0.2) is 52.3 Å². The highest BCUT2D eigenvalue weighted by Gasteiger charge is 2.23. The molecule has 0 aromatic heterocycles. The van der Waals surface area contributed by atoms with Crippen molar-refractivity contribution in [1.29, 1.82) is 0 Å². The van der Waals surface area contributed by atoms with E-state index < -0.39 is 10.1 Å². The summed E-state index contributed by atoms with van der Waals surface area (Å²) in [5.41, 5.74) is 0.988. The molecular weight excluding hydrogens is 448 g/mol. The molecule has 2 amide bonds. The number of carbonyl (C=O) groups is 2. The predicted octanol–water partition coefficient (Wildman–Crippen LogP) is 2.91. The zero-order valence-corrected chi connectivity index (χ0v) is 18.2. The molecule has 2 N–H and O–H groups in total. The summed E-state index contributed by atoms with van der Waals surface area (Å²) < 4.78 is 36.2. The van der Waals surface area contributed by atoms with E-state index in [1.807, 2.05) is 0 Å². The van der Waals surface area contributed by atoms with Gasteiger partial charge in [-0.05, 0) is 48.0 Å². The summed E-state index contributed by atoms with van der Waals surface area (Å²) >= 11 is 6.07. The highest BCUT2D eigenvalue weighted by molar-refractivity contribution is 8.26. The van der Waals surface area contributed by atoms with E-state index in [1.165, 1.54) is 50.4 Å². The molecule has 1 saturated heterocycles. The molecule has 30 heavy (non-hydrogen) atoms. The first-order chi connectivity index (χ1) is 14.2. The molecule has 11 heteroatoms. The minimum absolute atomic E-state index is 0.0382. The number of thiocarbonyl (C=S) groups is 1. The average Bonchev–Trinajstić information content (AvgIpc) is 2.98. The molecule has 0 aliphatic carbocycles. The molecule has 1 aliphatic rings. The Bertz CT molecular complexity index is 1160. The molecule has 1 fully saturated rings. The third-order valence-corrected chi connectivity index (χ3v) is 6.20. The van der Waals surface area contributed by atoms with E-state index in [4.69, 9.17) is 21.1 Å². The van der Waals surface area contributed by atoms with Crippen molar-refractivity contribution in [3.8, 4) is 11.5 Å². The van der Waals surface area contributed by atoms with Gasteiger partial charge in [0.2, 0.25) is 5.91 Å². The number of benzene rings is 2. The van der Waals surface area contributed by atoms with Crippen LogP contribution in [0.2, 0.25) is 0 Å². The fourth-order valence-corrected chi connectivity index (χ4v) is 4.47. The normalized spacial score (nSPS) is 15.1. The standard InChI is InChI=1S/C19H16N2O6S3/c1-11(22)20-13-4-6-14(7-5-13)30(24,25)27-16-9-12(3-8-15(16)26-2)10-17-18(23)21-19(28)29-17/h3-10H,1-2H3,(H,20,22)(H,21,23,28)/b17-10-. The maximum Gasteiger partial charge on any atom is 0.339 e. The van der Waals surface area contributed by atoms with Crippen molar-refractivity contribution in [3.05, 3.63) is 52.9 Å². The minimum atomic E-state index is -4.17. The second-order valence-corrected chi connectivity index (χ2v) is 9.27. The van der Waals surface area contributed by atoms with Gasteiger partial charge in [-0.25, -0.2) is 0 Å². The Kier molecular flexibility index (Phi) is 6.44. The Hall–Kier alpha value is -2.89. The first-order valence-electron chi connectivity index (χ1n) is 8.43. The molecule has 8 nitrogen and oxygen atoms in total. The molecule has 3 rings (SSSR count). The molecule has 1 heterocycles. The molecule has 0 saturated carbocycles. The zero-order valence-electron chi connectivity index (χ0n) is 15.8. The molecule has 0 spiro atoms. The summed E-state index contributed by atoms with van der Waals surface area (Å²) in [6.07, 6.45) is 1.57. The summed E-state index contributed by atoms with van der Waals surface area (Å²) in [5, 5.41) is 5.06. The van der Waals surface area contributed by atoms with Crippen LogP contribution in [-0.4, -0.2) is 31.7 Å². The van der Waals surface area contributed by atoms with Gasteiger partial charge < -0.3 is 19.6 Å². The summed E-state index contributed by atoms with van der Waals surface area (Å²) in [5.74, 6) is -0.430. The van der Waals surface area contributed by atoms with Crippen molar-refractivity contribution in [1.82, 2.24) is 5.32 Å². The van der Waals surface area contributed by atoms with Crippen LogP contribution in [0.4, 0.5) is 5.69 Å². The summed E-state index contributed by atoms with van der Waals surface area (Å²) in [7, 11) is -2.79. The van der Waals surface area contributed by atoms with E-state index in [9.17, 15) is 18.0 Å². The lowest BCUT2D eigenvalue weighted by atomic mass is 10.2. The van der Waals surface area contributed by atoms with Crippen molar-refractivity contribution in [3.63, 3.8) is 0 Å². The second kappa shape index (κ2) is 8.86. The summed E-state index contributed by atoms with van der Waals surface area (Å²) in [6.45, 7) is 1.35. The smallest absolute Gasteiger partial charge is 0.339 e. The van der Waals surface area contributed by atoms with Crippen LogP contribution in [0.5, 0.6) is 11.5 Å². The van der Waals surface area contributed by atoms with Crippen molar-refractivity contribution in [2.75, 3.05) is 12.4 Å². The van der Waals surface area contributed by atoms with E-state index in [2.05, 4.69) is 10.6 Å². The molecule has 0 unspecified atom stereocenters. The Morgan fingerprint density at radius 2 is 1.87 bits per heavy atom. The number of rotatable bonds is 6. The molecule has 0 radical (unpaired) electrons. The predicted molar refractivity (Wildman–Crippen MR) is 118 cm³/mol. The van der Waals surface area contributed by atoms with Crippen LogP contribution < -0.4 is 19.6 Å². The van der Waals surface area contributed by atoms with Crippen LogP contribution in [0.3, 0.4) is 0 Å². The van der Waals surface area contributed by atoms with Gasteiger partial charge in [0.25, 0.3) is 5.91 Å². The third-order valence-electron chi connectivity index (χ3n) is 3.79. The number of amides is 2. The lowest BCUT2D eigenvalue weighted by Crippen LogP contribution is -2.17. The maximum atomic E-state index is 12.7. The van der Waals surface area contributed by atoms with Gasteiger partial charge >= 0.3 is 10.1 Å². The van der Waals surface area contributed by atoms with Crippen LogP contribution in [0.25, 0.3) is 6.08 Å². The summed E-state index contributed by atoms with van der Waals surface area (Å²) in [6, 6.07) is 10.2. The number of hydrogen-bond acceptors (Lipinski definition) is 8. The summed E-state index contributed by atoms with van der Waals surface area (Å²) in [4.78, 5) is 23.2. The SMILES string of the molecule is COc1ccc(/C=C2\SC(=S)NC2=O)cc1OS(=O)(=O)c1ccc(NC(C)=O)cc1. The number of nitrogens with one attached hydrogen (secondary N) is 2. The molecule has 0 atom stereocenters. The van der Waals surface area contributed by atoms with Crippen molar-refractivity contribution < 1.29 is 26.9 Å². The van der Waals surface area contributed by atoms with E-state index in [-0.39, 0.29) is 28.2 Å². The number of methoxy groups -OCH3 is 1. The van der Waals surface area contributed by atoms with Gasteiger partial charge in [0.15, 0.2) is 11.5 Å². The van der Waals surface area contributed by atoms with Crippen molar-refractivity contribution >= 4 is 62.0 Å². The van der Waals surface area contributed by atoms with Gasteiger partial charge in [-0.1, -0.05) is 30.0 Å². The highest BCUT2D eigenvalue weighted by Crippen LogP contribution is 2.33. The van der Waals surface area contributed by atoms with E-state index in [1.54, 1.807) is 12.1 Å². The first kappa shape index (κ1) is 21.8. The third kappa shape index (κ3) is 5.17. The topological polar surface area (TPSA) is 111 Å². The van der Waals surface area contributed by atoms with Gasteiger partial charge in [-0.3, -0.25) is 9.59 Å². The fourth-order valence-electron chi connectivity index (χ4n) is 2.50. The Labute approximate surface area is 182 Å². The van der Waals surface area contributed by atoms with Gasteiger partial charge in [0.1, 0.15) is 9.22 Å². The minimum Gasteiger partial charge on any atom is -0.493 e. The monoisotopic (exact) mass is 464 g/mol. The van der Waals surface area contributed by atoms with E-state index >= 15 is 0 Å². The van der Waals surface area contributed by atoms with Gasteiger partial charge in [0.05, 0.1) is 12.0 Å². The number of anilines is 1. The van der Waals surface area contributed by atoms with Crippen molar-refractivity contribution in [2.24, 2.45) is 0 Å². The molecule has 1 aliphatic heterocycles. The highest BCUT2D eigenvalue weighted by atomic mass is 32.2. The molecular formula is C19H16N2O6S3. The second-order valence-electron chi connectivity index (χ2n) is 6.01. The van der Waals surface area contributed by atoms with Gasteiger partial charge in [0, 0.05) is 12.6 Å². The first-order valence-corrected chi connectivity index (χ1v) is 11.1. The molecule has 2 aromatic rings. The Morgan fingerprint density at radius 3 is 2.43 bits per heavy atom. The van der Waals surface area contributed by atoms with E-state index in [0.717, 1.165) is 11.8 Å². The molecule has 2 aromatic carbocycles. The van der Waals surface area contributed by atoms with Crippen LogP contribution in [0, 0.1) is 0 Å². The Morgan fingerprint density at radius 1 is 1.17 bits per heavy atom. The fraction of sp³-hybridized carbons (Fsp3) is 0.105. The average molecular weight is 465 g/mol. The molecule has 0 bridgehead atoms. The van der Waals surface area contributed by atoms with Crippen molar-refractivity contribution in [2.45, 2.75) is 11.8 Å². The quantitative estimate of drug-likeness (QED) is 0.381. The van der Waals surface area contributed by atoms with Crippen LogP contribution in [-0.2, 0) is 19.7 Å². The maximum absolute atomic E-state index is 12.7. The number of thioether (sulfide) groups is 1. The van der Waals surface area contributed by atoms with Gasteiger partial charge in [-0.2, -0.15) is 8.42 Å². The largest absolute Gasteiger partial charge is 0.493 e. The lowest BCUT2D eigenvalue weighted by molar-refractivity contribution is -0.115. The van der Waals surface area contributed by atoms with Crippen LogP contribution in [0.1, 0.15) is 12.5 Å². The van der Waals surface area contributed by atoms with Crippen LogP contribution >= 0.6 is 24.0 Å². The lowest BCUT2D eigenvalue weighted by Gasteiger charge is -2.12. The van der Waals surface area contributed by atoms with Gasteiger partial charge in [-0.15, -0.1) is 0 Å². The number of carbonyl (C=O) groups excluding carboxylic acids is 2. The molecule has 156 valence electrons. The van der Waals surface area contributed by atoms with E-state index in [0.29, 0.717) is 20.5 Å². The Balaban J connectivity index is 1.89. The number of ether oxygens (including phenoxy) is 1. The zero-order chi connectivity index (χ0) is 21.9.